The summed E-state index contributed by atoms with van der Waals surface area (Å²) in [6.45, 7) is 9.34. The molecule has 6 aromatic rings. The number of nitrogens with zero attached hydrogens (tertiary/aromatic N) is 4. The molecule has 2 aliphatic heterocycles. The van der Waals surface area contributed by atoms with Crippen LogP contribution < -0.4 is 16.1 Å². The molecule has 3 N–H and O–H groups in total. The van der Waals surface area contributed by atoms with Gasteiger partial charge in [0, 0.05) is 24.5 Å². The van der Waals surface area contributed by atoms with Crippen LogP contribution >= 0.6 is 0 Å². The van der Waals surface area contributed by atoms with Crippen LogP contribution in [0.25, 0.3) is 17.0 Å². The van der Waals surface area contributed by atoms with E-state index in [9.17, 15) is 19.2 Å². The third-order valence-corrected chi connectivity index (χ3v) is 12.3. The number of carbonyl (C=O) groups is 4. The average molecular weight is 858 g/mol. The predicted molar refractivity (Wildman–Crippen MR) is 246 cm³/mol. The zero-order valence-electron chi connectivity index (χ0n) is 36.9. The van der Waals surface area contributed by atoms with Gasteiger partial charge in [-0.2, -0.15) is 0 Å². The maximum atomic E-state index is 14.8. The van der Waals surface area contributed by atoms with Crippen LogP contribution in [-0.2, 0) is 35.9 Å². The third kappa shape index (κ3) is 8.96. The summed E-state index contributed by atoms with van der Waals surface area (Å²) in [7, 11) is 0. The Hall–Kier alpha value is -6.92. The summed E-state index contributed by atoms with van der Waals surface area (Å²) in [6, 6.07) is 37.2. The highest BCUT2D eigenvalue weighted by atomic mass is 16.5. The fourth-order valence-electron chi connectivity index (χ4n) is 8.65. The second kappa shape index (κ2) is 18.4. The molecular formula is C52H55N7O5. The summed E-state index contributed by atoms with van der Waals surface area (Å²) >= 11 is 0. The Balaban J connectivity index is 1.17. The maximum Gasteiger partial charge on any atom is 0.325 e. The second-order valence-corrected chi connectivity index (χ2v) is 17.7. The van der Waals surface area contributed by atoms with Gasteiger partial charge in [-0.3, -0.25) is 24.2 Å². The third-order valence-electron chi connectivity index (χ3n) is 12.3. The minimum atomic E-state index is -1.14. The highest BCUT2D eigenvalue weighted by Gasteiger charge is 2.40. The molecule has 4 aromatic carbocycles. The number of nitrogens with one attached hydrogen (secondary N) is 3. The van der Waals surface area contributed by atoms with Gasteiger partial charge in [-0.1, -0.05) is 135 Å². The number of hydrazine groups is 1. The number of imidazole rings is 1. The van der Waals surface area contributed by atoms with Gasteiger partial charge in [0.1, 0.15) is 29.8 Å². The topological polar surface area (TPSA) is 148 Å². The van der Waals surface area contributed by atoms with Gasteiger partial charge in [0.25, 0.3) is 5.91 Å². The van der Waals surface area contributed by atoms with Crippen molar-refractivity contribution < 1.29 is 23.9 Å². The monoisotopic (exact) mass is 857 g/mol. The average Bonchev–Trinajstić information content (AvgIpc) is 3.78. The molecule has 0 spiro atoms. The number of benzene rings is 4. The molecule has 12 heteroatoms. The van der Waals surface area contributed by atoms with E-state index < -0.39 is 53.0 Å². The van der Waals surface area contributed by atoms with Gasteiger partial charge in [0.05, 0.1) is 28.6 Å². The number of amides is 3. The summed E-state index contributed by atoms with van der Waals surface area (Å²) < 4.78 is 8.03. The fraction of sp³-hybridized carbons (Fsp3) is 0.308. The molecule has 328 valence electrons. The quantitative estimate of drug-likeness (QED) is 0.112. The number of ether oxygens (including phenoxy) is 1. The Morgan fingerprint density at radius 1 is 0.828 bits per heavy atom. The van der Waals surface area contributed by atoms with Gasteiger partial charge < -0.3 is 19.9 Å². The molecule has 2 aliphatic rings. The minimum Gasteiger partial charge on any atom is -0.455 e. The van der Waals surface area contributed by atoms with Crippen LogP contribution in [0.4, 0.5) is 0 Å². The Bertz CT molecular complexity index is 2570. The SMILES string of the molecule is CC(C)[C@@H]1NC(=O)C(C)(C)/C=C/c2ccc3ccc(nc3c2)[C@@H](C)OC(=O)C2CCCN(N2)C(=O)C(Cc2cn(C(c3ccccc3)(c3ccccc3)c3ccccc3)cn2)NC1=O. The highest BCUT2D eigenvalue weighted by molar-refractivity contribution is 5.94. The van der Waals surface area contributed by atoms with E-state index >= 15 is 0 Å². The number of fused-ring (bicyclic) bond motifs is 4. The molecule has 0 radical (unpaired) electrons. The van der Waals surface area contributed by atoms with Crippen molar-refractivity contribution in [1.29, 1.82) is 0 Å². The molecule has 2 unspecified atom stereocenters. The van der Waals surface area contributed by atoms with Crippen molar-refractivity contribution in [2.24, 2.45) is 11.3 Å². The standard InChI is InChI=1S/C52H55N7O5/c1-34(2)46-47(60)55-45(31-41-32-58(33-53-41)52(38-16-9-6-10-17-38,39-18-11-7-12-19-39)40-20-13-8-14-21-40)48(61)59-29-15-22-43(57-59)49(62)64-35(3)42-26-25-37-24-23-36(30-44(37)54-42)27-28-51(4,5)50(63)56-46/h6-14,16-21,23-28,30,32-35,43,45-46,57H,15,22,29,31H2,1-5H3,(H,55,60)(H,56,63)/b28-27+/t35-,43?,45?,46+/m1/s1. The van der Waals surface area contributed by atoms with E-state index in [1.165, 1.54) is 5.01 Å². The van der Waals surface area contributed by atoms with E-state index in [1.807, 2.05) is 111 Å². The molecule has 8 rings (SSSR count). The lowest BCUT2D eigenvalue weighted by atomic mass is 9.77. The number of carbonyl (C=O) groups excluding carboxylic acids is 4. The largest absolute Gasteiger partial charge is 0.455 e. The first-order chi connectivity index (χ1) is 30.8. The lowest BCUT2D eigenvalue weighted by Crippen LogP contribution is -2.62. The van der Waals surface area contributed by atoms with Crippen LogP contribution in [0.2, 0.25) is 0 Å². The summed E-state index contributed by atoms with van der Waals surface area (Å²) in [5.74, 6) is -2.17. The lowest BCUT2D eigenvalue weighted by molar-refractivity contribution is -0.157. The molecular weight excluding hydrogens is 803 g/mol. The van der Waals surface area contributed by atoms with Crippen LogP contribution in [0, 0.1) is 11.3 Å². The van der Waals surface area contributed by atoms with Gasteiger partial charge in [-0.25, -0.2) is 15.4 Å². The number of hydrogen-bond donors (Lipinski definition) is 3. The van der Waals surface area contributed by atoms with Crippen molar-refractivity contribution in [3.8, 4) is 0 Å². The highest BCUT2D eigenvalue weighted by Crippen LogP contribution is 2.41. The normalized spacial score (nSPS) is 21.6. The van der Waals surface area contributed by atoms with Crippen LogP contribution in [0.1, 0.15) is 87.2 Å². The summed E-state index contributed by atoms with van der Waals surface area (Å²) in [5, 5.41) is 8.33. The molecule has 5 bridgehead atoms. The number of aromatic nitrogens is 3. The summed E-state index contributed by atoms with van der Waals surface area (Å²) in [5.41, 5.74) is 6.92. The maximum absolute atomic E-state index is 14.8. The van der Waals surface area contributed by atoms with Crippen molar-refractivity contribution in [3.63, 3.8) is 0 Å². The number of rotatable bonds is 7. The molecule has 12 nitrogen and oxygen atoms in total. The van der Waals surface area contributed by atoms with Gasteiger partial charge in [-0.15, -0.1) is 0 Å². The van der Waals surface area contributed by atoms with Crippen LogP contribution in [-0.4, -0.2) is 67.9 Å². The molecule has 64 heavy (non-hydrogen) atoms. The van der Waals surface area contributed by atoms with Crippen molar-refractivity contribution in [1.82, 2.24) is 35.6 Å². The van der Waals surface area contributed by atoms with Crippen molar-refractivity contribution in [2.45, 2.75) is 83.6 Å². The molecule has 2 aromatic heterocycles. The zero-order valence-corrected chi connectivity index (χ0v) is 36.9. The zero-order chi connectivity index (χ0) is 45.0. The number of cyclic esters (lactones) is 1. The Morgan fingerprint density at radius 3 is 2.08 bits per heavy atom. The van der Waals surface area contributed by atoms with Crippen molar-refractivity contribution in [2.75, 3.05) is 6.54 Å². The van der Waals surface area contributed by atoms with E-state index in [2.05, 4.69) is 57.0 Å². The number of esters is 1. The number of hydrogen-bond acceptors (Lipinski definition) is 8. The molecule has 0 saturated carbocycles. The van der Waals surface area contributed by atoms with E-state index in [-0.39, 0.29) is 24.8 Å². The van der Waals surface area contributed by atoms with Crippen LogP contribution in [0.5, 0.6) is 0 Å². The first kappa shape index (κ1) is 43.7. The van der Waals surface area contributed by atoms with E-state index in [4.69, 9.17) is 14.7 Å². The summed E-state index contributed by atoms with van der Waals surface area (Å²) in [4.78, 5) is 66.8. The van der Waals surface area contributed by atoms with Gasteiger partial charge in [0.15, 0.2) is 0 Å². The van der Waals surface area contributed by atoms with Gasteiger partial charge in [0.2, 0.25) is 11.8 Å². The van der Waals surface area contributed by atoms with Gasteiger partial charge in [-0.05, 0) is 73.9 Å². The first-order valence-corrected chi connectivity index (χ1v) is 22.0. The van der Waals surface area contributed by atoms with Gasteiger partial charge >= 0.3 is 5.97 Å². The van der Waals surface area contributed by atoms with Crippen LogP contribution in [0.15, 0.2) is 140 Å². The molecule has 4 atom stereocenters. The second-order valence-electron chi connectivity index (χ2n) is 17.7. The Kier molecular flexibility index (Phi) is 12.6. The molecule has 0 aliphatic carbocycles. The Labute approximate surface area is 374 Å². The fourth-order valence-corrected chi connectivity index (χ4v) is 8.65. The molecule has 4 heterocycles. The number of pyridine rings is 1. The van der Waals surface area contributed by atoms with Crippen molar-refractivity contribution >= 4 is 40.7 Å². The molecule has 1 fully saturated rings. The van der Waals surface area contributed by atoms with E-state index in [0.717, 1.165) is 27.6 Å². The predicted octanol–water partition coefficient (Wildman–Crippen LogP) is 7.29. The lowest BCUT2D eigenvalue weighted by Gasteiger charge is -2.37. The van der Waals surface area contributed by atoms with E-state index in [1.54, 1.807) is 33.2 Å². The minimum absolute atomic E-state index is 0.00989. The molecule has 1 saturated heterocycles. The van der Waals surface area contributed by atoms with Crippen LogP contribution in [0.3, 0.4) is 0 Å². The Morgan fingerprint density at radius 2 is 1.45 bits per heavy atom. The van der Waals surface area contributed by atoms with E-state index in [0.29, 0.717) is 29.7 Å². The smallest absolute Gasteiger partial charge is 0.325 e. The summed E-state index contributed by atoms with van der Waals surface area (Å²) in [6.07, 6.45) is 7.65. The molecule has 3 amide bonds. The van der Waals surface area contributed by atoms with Crippen molar-refractivity contribution in [3.05, 3.63) is 174 Å². The first-order valence-electron chi connectivity index (χ1n) is 22.0.